The van der Waals surface area contributed by atoms with Gasteiger partial charge < -0.3 is 19.5 Å². The Morgan fingerprint density at radius 1 is 0.938 bits per heavy atom. The van der Waals surface area contributed by atoms with E-state index in [2.05, 4.69) is 5.32 Å². The normalized spacial score (nSPS) is 11.4. The minimum atomic E-state index is -1.30. The number of halogens is 2. The van der Waals surface area contributed by atoms with E-state index in [1.165, 1.54) is 32.2 Å². The van der Waals surface area contributed by atoms with Crippen LogP contribution in [0.3, 0.4) is 0 Å². The summed E-state index contributed by atoms with van der Waals surface area (Å²) in [6.07, 6.45) is -1.30. The molecule has 1 amide bonds. The van der Waals surface area contributed by atoms with E-state index in [1.807, 2.05) is 30.3 Å². The van der Waals surface area contributed by atoms with Gasteiger partial charge in [0.25, 0.3) is 5.91 Å². The van der Waals surface area contributed by atoms with Crippen LogP contribution >= 0.6 is 0 Å². The van der Waals surface area contributed by atoms with E-state index in [4.69, 9.17) is 14.2 Å². The van der Waals surface area contributed by atoms with Gasteiger partial charge in [-0.2, -0.15) is 0 Å². The quantitative estimate of drug-likeness (QED) is 0.512. The lowest BCUT2D eigenvalue weighted by atomic mass is 10.2. The Labute approximate surface area is 183 Å². The lowest BCUT2D eigenvalue weighted by molar-refractivity contribution is -0.123. The highest BCUT2D eigenvalue weighted by atomic mass is 19.1. The van der Waals surface area contributed by atoms with E-state index in [-0.39, 0.29) is 5.56 Å². The number of hydrogen-bond acceptors (Lipinski definition) is 5. The molecule has 3 rings (SSSR count). The van der Waals surface area contributed by atoms with Crippen LogP contribution in [0, 0.1) is 11.6 Å². The first kappa shape index (κ1) is 22.7. The number of hydrogen-bond donors (Lipinski definition) is 1. The molecule has 1 atom stereocenters. The van der Waals surface area contributed by atoms with Gasteiger partial charge in [0, 0.05) is 0 Å². The second-order valence-electron chi connectivity index (χ2n) is 6.77. The molecule has 0 fully saturated rings. The van der Waals surface area contributed by atoms with Crippen molar-refractivity contribution < 1.29 is 32.6 Å². The number of carbonyl (C=O) groups is 2. The molecular weight excluding hydrogens is 420 g/mol. The molecule has 3 aromatic carbocycles. The molecule has 166 valence electrons. The lowest BCUT2D eigenvalue weighted by Gasteiger charge is -2.15. The van der Waals surface area contributed by atoms with Gasteiger partial charge in [0.15, 0.2) is 17.6 Å². The van der Waals surface area contributed by atoms with Gasteiger partial charge in [-0.25, -0.2) is 13.6 Å². The number of para-hydroxylation sites is 1. The Bertz CT molecular complexity index is 1080. The van der Waals surface area contributed by atoms with Crippen LogP contribution in [-0.4, -0.2) is 25.1 Å². The average molecular weight is 441 g/mol. The number of ether oxygens (including phenoxy) is 3. The van der Waals surface area contributed by atoms with Gasteiger partial charge >= 0.3 is 5.97 Å². The number of rotatable bonds is 8. The molecule has 0 saturated carbocycles. The van der Waals surface area contributed by atoms with Crippen molar-refractivity contribution >= 4 is 17.6 Å². The zero-order chi connectivity index (χ0) is 23.1. The highest BCUT2D eigenvalue weighted by molar-refractivity contribution is 5.97. The Hall–Kier alpha value is -3.94. The van der Waals surface area contributed by atoms with Crippen molar-refractivity contribution in [2.75, 3.05) is 12.4 Å². The molecule has 8 heteroatoms. The number of nitrogens with one attached hydrogen (secondary N) is 1. The first-order valence-corrected chi connectivity index (χ1v) is 9.69. The van der Waals surface area contributed by atoms with E-state index in [0.29, 0.717) is 18.1 Å². The standard InChI is InChI=1S/C24H21F2NO5/c1-15(23(28)27-22-18(25)9-6-10-19(22)26)32-24(29)17-11-12-20(21(13-17)30-2)31-14-16-7-4-3-5-8-16/h3-13,15H,14H2,1-2H3,(H,27,28). The number of esters is 1. The maximum absolute atomic E-state index is 13.7. The summed E-state index contributed by atoms with van der Waals surface area (Å²) in [6, 6.07) is 17.1. The molecule has 0 aliphatic heterocycles. The Kier molecular flexibility index (Phi) is 7.38. The molecule has 0 aromatic heterocycles. The molecule has 0 aliphatic rings. The van der Waals surface area contributed by atoms with Crippen molar-refractivity contribution in [2.45, 2.75) is 19.6 Å². The largest absolute Gasteiger partial charge is 0.493 e. The third-order valence-corrected chi connectivity index (χ3v) is 4.50. The molecule has 6 nitrogen and oxygen atoms in total. The Morgan fingerprint density at radius 2 is 1.62 bits per heavy atom. The fourth-order valence-corrected chi connectivity index (χ4v) is 2.77. The van der Waals surface area contributed by atoms with E-state index in [1.54, 1.807) is 6.07 Å². The van der Waals surface area contributed by atoms with Crippen LogP contribution in [0.25, 0.3) is 0 Å². The summed E-state index contributed by atoms with van der Waals surface area (Å²) in [5.74, 6) is -2.83. The van der Waals surface area contributed by atoms with Gasteiger partial charge in [0.1, 0.15) is 23.9 Å². The monoisotopic (exact) mass is 441 g/mol. The first-order valence-electron chi connectivity index (χ1n) is 9.69. The number of carbonyl (C=O) groups excluding carboxylic acids is 2. The second-order valence-corrected chi connectivity index (χ2v) is 6.77. The van der Waals surface area contributed by atoms with Crippen LogP contribution in [0.5, 0.6) is 11.5 Å². The third kappa shape index (κ3) is 5.60. The van der Waals surface area contributed by atoms with Gasteiger partial charge in [-0.3, -0.25) is 4.79 Å². The van der Waals surface area contributed by atoms with Crippen LogP contribution in [-0.2, 0) is 16.1 Å². The average Bonchev–Trinajstić information content (AvgIpc) is 2.80. The van der Waals surface area contributed by atoms with E-state index < -0.39 is 35.3 Å². The predicted molar refractivity (Wildman–Crippen MR) is 114 cm³/mol. The van der Waals surface area contributed by atoms with Gasteiger partial charge in [-0.1, -0.05) is 36.4 Å². The van der Waals surface area contributed by atoms with Crippen LogP contribution < -0.4 is 14.8 Å². The van der Waals surface area contributed by atoms with Gasteiger partial charge in [0.2, 0.25) is 0 Å². The van der Waals surface area contributed by atoms with Crippen molar-refractivity contribution in [1.82, 2.24) is 0 Å². The summed E-state index contributed by atoms with van der Waals surface area (Å²) in [5.41, 5.74) is 0.469. The summed E-state index contributed by atoms with van der Waals surface area (Å²) in [7, 11) is 1.43. The van der Waals surface area contributed by atoms with Gasteiger partial charge in [-0.05, 0) is 42.8 Å². The van der Waals surface area contributed by atoms with Crippen LogP contribution in [0.2, 0.25) is 0 Å². The number of methoxy groups -OCH3 is 1. The molecule has 32 heavy (non-hydrogen) atoms. The van der Waals surface area contributed by atoms with Crippen molar-refractivity contribution in [3.8, 4) is 11.5 Å². The van der Waals surface area contributed by atoms with Gasteiger partial charge in [0.05, 0.1) is 12.7 Å². The minimum absolute atomic E-state index is 0.116. The van der Waals surface area contributed by atoms with E-state index >= 15 is 0 Å². The molecule has 1 N–H and O–H groups in total. The Morgan fingerprint density at radius 3 is 2.28 bits per heavy atom. The Balaban J connectivity index is 1.64. The topological polar surface area (TPSA) is 73.9 Å². The molecule has 1 unspecified atom stereocenters. The molecule has 3 aromatic rings. The van der Waals surface area contributed by atoms with Crippen LogP contribution in [0.4, 0.5) is 14.5 Å². The maximum atomic E-state index is 13.7. The lowest BCUT2D eigenvalue weighted by Crippen LogP contribution is -2.30. The molecule has 0 radical (unpaired) electrons. The highest BCUT2D eigenvalue weighted by Crippen LogP contribution is 2.29. The summed E-state index contributed by atoms with van der Waals surface area (Å²) in [6.45, 7) is 1.60. The molecule has 0 aliphatic carbocycles. The summed E-state index contributed by atoms with van der Waals surface area (Å²) < 4.78 is 43.6. The van der Waals surface area contributed by atoms with E-state index in [0.717, 1.165) is 17.7 Å². The summed E-state index contributed by atoms with van der Waals surface area (Å²) in [5, 5.41) is 2.09. The molecule has 0 spiro atoms. The zero-order valence-electron chi connectivity index (χ0n) is 17.4. The minimum Gasteiger partial charge on any atom is -0.493 e. The fraction of sp³-hybridized carbons (Fsp3) is 0.167. The number of anilines is 1. The maximum Gasteiger partial charge on any atom is 0.339 e. The van der Waals surface area contributed by atoms with Crippen molar-refractivity contribution in [1.29, 1.82) is 0 Å². The smallest absolute Gasteiger partial charge is 0.339 e. The second kappa shape index (κ2) is 10.4. The van der Waals surface area contributed by atoms with E-state index in [9.17, 15) is 18.4 Å². The highest BCUT2D eigenvalue weighted by Gasteiger charge is 2.22. The summed E-state index contributed by atoms with van der Waals surface area (Å²) in [4.78, 5) is 24.7. The third-order valence-electron chi connectivity index (χ3n) is 4.50. The van der Waals surface area contributed by atoms with Crippen molar-refractivity contribution in [2.24, 2.45) is 0 Å². The predicted octanol–water partition coefficient (Wildman–Crippen LogP) is 4.74. The van der Waals surface area contributed by atoms with Gasteiger partial charge in [-0.15, -0.1) is 0 Å². The molecular formula is C24H21F2NO5. The molecule has 0 bridgehead atoms. The first-order chi connectivity index (χ1) is 15.4. The van der Waals surface area contributed by atoms with Crippen LogP contribution in [0.15, 0.2) is 66.7 Å². The fourth-order valence-electron chi connectivity index (χ4n) is 2.77. The molecule has 0 saturated heterocycles. The zero-order valence-corrected chi connectivity index (χ0v) is 17.4. The van der Waals surface area contributed by atoms with Crippen molar-refractivity contribution in [3.63, 3.8) is 0 Å². The summed E-state index contributed by atoms with van der Waals surface area (Å²) >= 11 is 0. The number of amides is 1. The van der Waals surface area contributed by atoms with Crippen LogP contribution in [0.1, 0.15) is 22.8 Å². The number of benzene rings is 3. The molecule has 0 heterocycles. The van der Waals surface area contributed by atoms with Crippen molar-refractivity contribution in [3.05, 3.63) is 89.5 Å². The SMILES string of the molecule is COc1cc(C(=O)OC(C)C(=O)Nc2c(F)cccc2F)ccc1OCc1ccccc1.